The molecule has 0 radical (unpaired) electrons. The average molecular weight is 240 g/mol. The molecule has 0 amide bonds. The van der Waals surface area contributed by atoms with Gasteiger partial charge in [-0.15, -0.1) is 0 Å². The Bertz CT molecular complexity index is 514. The van der Waals surface area contributed by atoms with E-state index in [1.807, 2.05) is 0 Å². The molecule has 92 valence electrons. The zero-order chi connectivity index (χ0) is 12.2. The maximum absolute atomic E-state index is 11.4. The topological polar surface area (TPSA) is 93.8 Å². The van der Waals surface area contributed by atoms with E-state index in [4.69, 9.17) is 14.6 Å². The first kappa shape index (κ1) is 10.7. The van der Waals surface area contributed by atoms with E-state index in [2.05, 4.69) is 4.98 Å². The number of aromatic nitrogens is 2. The molecule has 0 unspecified atom stereocenters. The van der Waals surface area contributed by atoms with E-state index in [1.54, 1.807) is 17.7 Å². The molecule has 3 heterocycles. The van der Waals surface area contributed by atoms with Gasteiger partial charge in [0, 0.05) is 11.8 Å². The first-order valence-electron chi connectivity index (χ1n) is 5.32. The molecular weight excluding hydrogens is 228 g/mol. The van der Waals surface area contributed by atoms with Gasteiger partial charge >= 0.3 is 6.01 Å². The van der Waals surface area contributed by atoms with Crippen molar-refractivity contribution in [3.05, 3.63) is 22.1 Å². The van der Waals surface area contributed by atoms with Crippen LogP contribution < -0.4 is 10.3 Å². The molecule has 7 heteroatoms. The summed E-state index contributed by atoms with van der Waals surface area (Å²) >= 11 is 0. The number of hydrogen-bond donors (Lipinski definition) is 2. The van der Waals surface area contributed by atoms with E-state index in [-0.39, 0.29) is 18.2 Å². The van der Waals surface area contributed by atoms with Crippen LogP contribution in [0.4, 0.5) is 0 Å². The van der Waals surface area contributed by atoms with Crippen LogP contribution in [0.1, 0.15) is 11.8 Å². The molecular formula is C10H12N2O5. The molecule has 2 N–H and O–H groups in total. The Kier molecular flexibility index (Phi) is 2.22. The Morgan fingerprint density at radius 3 is 3.06 bits per heavy atom. The minimum atomic E-state index is -0.929. The molecule has 2 aliphatic heterocycles. The van der Waals surface area contributed by atoms with E-state index >= 15 is 0 Å². The predicted molar refractivity (Wildman–Crippen MR) is 54.7 cm³/mol. The third-order valence-corrected chi connectivity index (χ3v) is 3.10. The number of hydrogen-bond acceptors (Lipinski definition) is 6. The number of nitrogens with zero attached hydrogens (tertiary/aromatic N) is 2. The Morgan fingerprint density at radius 1 is 1.59 bits per heavy atom. The second-order valence-corrected chi connectivity index (χ2v) is 4.24. The number of aliphatic hydroxyl groups is 2. The van der Waals surface area contributed by atoms with Gasteiger partial charge in [-0.2, -0.15) is 4.98 Å². The lowest BCUT2D eigenvalue weighted by atomic mass is 10.1. The van der Waals surface area contributed by atoms with Crippen molar-refractivity contribution in [2.45, 2.75) is 31.5 Å². The highest BCUT2D eigenvalue weighted by atomic mass is 16.6. The van der Waals surface area contributed by atoms with Crippen molar-refractivity contribution in [2.24, 2.45) is 0 Å². The van der Waals surface area contributed by atoms with E-state index in [1.165, 1.54) is 0 Å². The summed E-state index contributed by atoms with van der Waals surface area (Å²) in [6, 6.07) is 0.144. The van der Waals surface area contributed by atoms with E-state index in [9.17, 15) is 9.90 Å². The van der Waals surface area contributed by atoms with Crippen LogP contribution in [0.3, 0.4) is 0 Å². The normalized spacial score (nSPS) is 34.3. The Hall–Kier alpha value is -1.44. The smallest absolute Gasteiger partial charge is 0.302 e. The zero-order valence-corrected chi connectivity index (χ0v) is 9.11. The van der Waals surface area contributed by atoms with Crippen molar-refractivity contribution in [3.63, 3.8) is 0 Å². The van der Waals surface area contributed by atoms with Crippen molar-refractivity contribution in [2.75, 3.05) is 6.61 Å². The van der Waals surface area contributed by atoms with Crippen LogP contribution in [0.2, 0.25) is 0 Å². The number of aliphatic hydroxyl groups excluding tert-OH is 2. The van der Waals surface area contributed by atoms with Gasteiger partial charge in [0.2, 0.25) is 0 Å². The fraction of sp³-hybridized carbons (Fsp3) is 0.600. The lowest BCUT2D eigenvalue weighted by Gasteiger charge is -2.14. The molecule has 1 saturated heterocycles. The van der Waals surface area contributed by atoms with Gasteiger partial charge < -0.3 is 19.7 Å². The molecule has 4 atom stereocenters. The molecule has 0 spiro atoms. The van der Waals surface area contributed by atoms with E-state index in [0.29, 0.717) is 5.56 Å². The number of ether oxygens (including phenoxy) is 2. The van der Waals surface area contributed by atoms with Crippen molar-refractivity contribution < 1.29 is 19.7 Å². The maximum Gasteiger partial charge on any atom is 0.302 e. The van der Waals surface area contributed by atoms with Gasteiger partial charge in [0.25, 0.3) is 5.56 Å². The SMILES string of the molecule is Cc1cn2c(nc1=O)O[C@@H]1[C@@H](O)[C@H](CO)O[C@@H]12. The second-order valence-electron chi connectivity index (χ2n) is 4.24. The van der Waals surface area contributed by atoms with Gasteiger partial charge in [0.15, 0.2) is 12.3 Å². The minimum Gasteiger partial charge on any atom is -0.453 e. The fourth-order valence-corrected chi connectivity index (χ4v) is 2.16. The van der Waals surface area contributed by atoms with Crippen LogP contribution in [0.5, 0.6) is 6.01 Å². The van der Waals surface area contributed by atoms with Crippen LogP contribution in [-0.4, -0.2) is 44.7 Å². The molecule has 3 rings (SSSR count). The number of aryl methyl sites for hydroxylation is 1. The van der Waals surface area contributed by atoms with Gasteiger partial charge in [-0.1, -0.05) is 0 Å². The van der Waals surface area contributed by atoms with Crippen molar-refractivity contribution >= 4 is 0 Å². The molecule has 2 aliphatic rings. The average Bonchev–Trinajstić information content (AvgIpc) is 2.78. The summed E-state index contributed by atoms with van der Waals surface area (Å²) < 4.78 is 12.4. The van der Waals surface area contributed by atoms with Crippen molar-refractivity contribution in [1.82, 2.24) is 9.55 Å². The molecule has 17 heavy (non-hydrogen) atoms. The predicted octanol–water partition coefficient (Wildman–Crippen LogP) is -1.44. The van der Waals surface area contributed by atoms with Gasteiger partial charge in [-0.3, -0.25) is 9.36 Å². The fourth-order valence-electron chi connectivity index (χ4n) is 2.16. The number of rotatable bonds is 1. The van der Waals surface area contributed by atoms with Crippen LogP contribution >= 0.6 is 0 Å². The van der Waals surface area contributed by atoms with Crippen LogP contribution in [-0.2, 0) is 4.74 Å². The molecule has 7 nitrogen and oxygen atoms in total. The van der Waals surface area contributed by atoms with Gasteiger partial charge in [0.1, 0.15) is 12.2 Å². The molecule has 0 aliphatic carbocycles. The highest BCUT2D eigenvalue weighted by Crippen LogP contribution is 2.38. The highest BCUT2D eigenvalue weighted by Gasteiger charge is 2.50. The third kappa shape index (κ3) is 1.40. The van der Waals surface area contributed by atoms with Gasteiger partial charge in [-0.25, -0.2) is 0 Å². The van der Waals surface area contributed by atoms with Crippen LogP contribution in [0, 0.1) is 6.92 Å². The molecule has 0 bridgehead atoms. The van der Waals surface area contributed by atoms with Crippen molar-refractivity contribution in [1.29, 1.82) is 0 Å². The Morgan fingerprint density at radius 2 is 2.35 bits per heavy atom. The molecule has 1 aromatic rings. The molecule has 1 fully saturated rings. The standard InChI is InChI=1S/C10H12N2O5/c1-4-2-12-9-7(6(14)5(3-13)16-9)17-10(12)11-8(4)15/h2,5-7,9,13-14H,3H2,1H3/t5-,6-,7+,9-/m0/s1. The van der Waals surface area contributed by atoms with Crippen LogP contribution in [0.25, 0.3) is 0 Å². The summed E-state index contributed by atoms with van der Waals surface area (Å²) in [7, 11) is 0. The molecule has 1 aromatic heterocycles. The minimum absolute atomic E-state index is 0.144. The van der Waals surface area contributed by atoms with E-state index < -0.39 is 24.5 Å². The lowest BCUT2D eigenvalue weighted by molar-refractivity contribution is -0.0435. The highest BCUT2D eigenvalue weighted by molar-refractivity contribution is 5.15. The summed E-state index contributed by atoms with van der Waals surface area (Å²) in [5.41, 5.74) is 0.118. The summed E-state index contributed by atoms with van der Waals surface area (Å²) in [5.74, 6) is 0. The summed E-state index contributed by atoms with van der Waals surface area (Å²) in [4.78, 5) is 15.1. The monoisotopic (exact) mass is 240 g/mol. The summed E-state index contributed by atoms with van der Waals surface area (Å²) in [6.45, 7) is 1.37. The zero-order valence-electron chi connectivity index (χ0n) is 9.11. The van der Waals surface area contributed by atoms with E-state index in [0.717, 1.165) is 0 Å². The summed E-state index contributed by atoms with van der Waals surface area (Å²) in [5, 5.41) is 18.9. The summed E-state index contributed by atoms with van der Waals surface area (Å²) in [6.07, 6.45) is -1.17. The van der Waals surface area contributed by atoms with Crippen LogP contribution in [0.15, 0.2) is 11.0 Å². The quantitative estimate of drug-likeness (QED) is 0.624. The molecule has 0 saturated carbocycles. The first-order chi connectivity index (χ1) is 8.11. The van der Waals surface area contributed by atoms with Gasteiger partial charge in [-0.05, 0) is 6.92 Å². The van der Waals surface area contributed by atoms with Crippen molar-refractivity contribution in [3.8, 4) is 6.01 Å². The first-order valence-corrected chi connectivity index (χ1v) is 5.32. The largest absolute Gasteiger partial charge is 0.453 e. The molecule has 0 aromatic carbocycles. The third-order valence-electron chi connectivity index (χ3n) is 3.10. The Labute approximate surface area is 96.2 Å². The second kappa shape index (κ2) is 3.52. The van der Waals surface area contributed by atoms with Gasteiger partial charge in [0.05, 0.1) is 6.61 Å². The number of fused-ring (bicyclic) bond motifs is 3. The lowest BCUT2D eigenvalue weighted by Crippen LogP contribution is -2.34. The Balaban J connectivity index is 2.02. The maximum atomic E-state index is 11.4.